The van der Waals surface area contributed by atoms with E-state index in [1.165, 1.54) is 5.56 Å². The van der Waals surface area contributed by atoms with E-state index < -0.39 is 0 Å². The molecule has 4 rings (SSSR count). The number of nitrogens with one attached hydrogen (secondary N) is 1. The fourth-order valence-corrected chi connectivity index (χ4v) is 5.83. The lowest BCUT2D eigenvalue weighted by Gasteiger charge is -2.31. The summed E-state index contributed by atoms with van der Waals surface area (Å²) in [7, 11) is 0. The Kier molecular flexibility index (Phi) is 8.13. The van der Waals surface area contributed by atoms with Gasteiger partial charge >= 0.3 is 6.03 Å². The van der Waals surface area contributed by atoms with Gasteiger partial charge in [-0.15, -0.1) is 22.7 Å². The van der Waals surface area contributed by atoms with Gasteiger partial charge in [-0.05, 0) is 42.3 Å². The SMILES string of the molecule is CCNC(=O)N(CCN1CCOCC1)CC(=O)N1N=C(c2cccs2)C[C@H]1c1sccc1C. The lowest BCUT2D eigenvalue weighted by atomic mass is 10.1. The molecular weight excluding hydrogens is 458 g/mol. The first-order valence-corrected chi connectivity index (χ1v) is 13.1. The minimum atomic E-state index is -0.218. The first kappa shape index (κ1) is 23.9. The molecule has 0 spiro atoms. The standard InChI is InChI=1S/C23H31N5O3S2/c1-3-24-23(30)27(8-7-26-9-11-31-12-10-26)16-21(29)28-19(22-17(2)6-14-33-22)15-18(25-28)20-5-4-13-32-20/h4-6,13-14,19H,3,7-12,15-16H2,1-2H3,(H,24,30)/t19-/m0/s1. The fraction of sp³-hybridized carbons (Fsp3) is 0.522. The summed E-state index contributed by atoms with van der Waals surface area (Å²) in [4.78, 5) is 32.4. The Bertz CT molecular complexity index is 969. The molecule has 1 N–H and O–H groups in total. The van der Waals surface area contributed by atoms with Crippen molar-refractivity contribution in [3.8, 4) is 0 Å². The van der Waals surface area contributed by atoms with E-state index >= 15 is 0 Å². The Morgan fingerprint density at radius 1 is 1.24 bits per heavy atom. The molecule has 2 aromatic heterocycles. The largest absolute Gasteiger partial charge is 0.379 e. The molecule has 1 fully saturated rings. The van der Waals surface area contributed by atoms with Gasteiger partial charge in [-0.25, -0.2) is 9.80 Å². The number of aryl methyl sites for hydroxylation is 1. The second kappa shape index (κ2) is 11.2. The minimum Gasteiger partial charge on any atom is -0.379 e. The minimum absolute atomic E-state index is 0.00167. The van der Waals surface area contributed by atoms with Crippen molar-refractivity contribution in [2.24, 2.45) is 5.10 Å². The lowest BCUT2D eigenvalue weighted by molar-refractivity contribution is -0.133. The molecule has 0 aromatic carbocycles. The molecule has 2 aliphatic rings. The number of urea groups is 1. The smallest absolute Gasteiger partial charge is 0.317 e. The van der Waals surface area contributed by atoms with Gasteiger partial charge in [-0.2, -0.15) is 5.10 Å². The summed E-state index contributed by atoms with van der Waals surface area (Å²) < 4.78 is 5.41. The summed E-state index contributed by atoms with van der Waals surface area (Å²) in [6, 6.07) is 5.77. The van der Waals surface area contributed by atoms with Crippen LogP contribution in [-0.2, 0) is 9.53 Å². The Labute approximate surface area is 202 Å². The molecule has 3 amide bonds. The highest BCUT2D eigenvalue weighted by atomic mass is 32.1. The Morgan fingerprint density at radius 2 is 2.06 bits per heavy atom. The predicted molar refractivity (Wildman–Crippen MR) is 132 cm³/mol. The molecule has 4 heterocycles. The number of morpholine rings is 1. The van der Waals surface area contributed by atoms with Crippen LogP contribution in [0.15, 0.2) is 34.1 Å². The van der Waals surface area contributed by atoms with Crippen LogP contribution < -0.4 is 5.32 Å². The van der Waals surface area contributed by atoms with Crippen LogP contribution >= 0.6 is 22.7 Å². The molecule has 1 saturated heterocycles. The summed E-state index contributed by atoms with van der Waals surface area (Å²) in [6.45, 7) is 8.76. The van der Waals surface area contributed by atoms with Gasteiger partial charge in [0, 0.05) is 44.0 Å². The van der Waals surface area contributed by atoms with Crippen molar-refractivity contribution >= 4 is 40.3 Å². The van der Waals surface area contributed by atoms with Crippen molar-refractivity contribution in [3.63, 3.8) is 0 Å². The van der Waals surface area contributed by atoms with Gasteiger partial charge in [0.2, 0.25) is 0 Å². The number of carbonyl (C=O) groups is 2. The number of hydrogen-bond donors (Lipinski definition) is 1. The average Bonchev–Trinajstić information content (AvgIpc) is 3.57. The number of thiophene rings is 2. The van der Waals surface area contributed by atoms with Gasteiger partial charge in [0.25, 0.3) is 5.91 Å². The first-order valence-electron chi connectivity index (χ1n) is 11.4. The van der Waals surface area contributed by atoms with Crippen molar-refractivity contribution in [3.05, 3.63) is 44.3 Å². The van der Waals surface area contributed by atoms with E-state index in [0.29, 0.717) is 39.3 Å². The molecule has 0 saturated carbocycles. The van der Waals surface area contributed by atoms with Crippen molar-refractivity contribution in [2.45, 2.75) is 26.3 Å². The zero-order valence-electron chi connectivity index (χ0n) is 19.2. The van der Waals surface area contributed by atoms with Crippen LogP contribution in [0.5, 0.6) is 0 Å². The summed E-state index contributed by atoms with van der Waals surface area (Å²) >= 11 is 3.29. The third-order valence-corrected chi connectivity index (χ3v) is 7.95. The second-order valence-corrected chi connectivity index (χ2v) is 10.1. The monoisotopic (exact) mass is 489 g/mol. The van der Waals surface area contributed by atoms with Crippen LogP contribution in [0.2, 0.25) is 0 Å². The normalized spacial score (nSPS) is 18.9. The highest BCUT2D eigenvalue weighted by Crippen LogP contribution is 2.37. The zero-order valence-corrected chi connectivity index (χ0v) is 20.8. The molecule has 178 valence electrons. The van der Waals surface area contributed by atoms with E-state index in [-0.39, 0.29) is 24.5 Å². The first-order chi connectivity index (χ1) is 16.1. The second-order valence-electron chi connectivity index (χ2n) is 8.16. The van der Waals surface area contributed by atoms with E-state index in [9.17, 15) is 9.59 Å². The number of rotatable bonds is 8. The van der Waals surface area contributed by atoms with Crippen molar-refractivity contribution < 1.29 is 14.3 Å². The quantitative estimate of drug-likeness (QED) is 0.618. The van der Waals surface area contributed by atoms with Crippen molar-refractivity contribution in [1.29, 1.82) is 0 Å². The average molecular weight is 490 g/mol. The third-order valence-electron chi connectivity index (χ3n) is 5.91. The molecule has 10 heteroatoms. The van der Waals surface area contributed by atoms with Gasteiger partial charge in [-0.3, -0.25) is 9.69 Å². The highest BCUT2D eigenvalue weighted by Gasteiger charge is 2.36. The van der Waals surface area contributed by atoms with Gasteiger partial charge in [-0.1, -0.05) is 6.07 Å². The Balaban J connectivity index is 1.51. The molecule has 1 atom stereocenters. The molecule has 2 aliphatic heterocycles. The fourth-order valence-electron chi connectivity index (χ4n) is 4.10. The van der Waals surface area contributed by atoms with Gasteiger partial charge in [0.05, 0.1) is 29.8 Å². The zero-order chi connectivity index (χ0) is 23.2. The number of hydrogen-bond acceptors (Lipinski definition) is 7. The maximum absolute atomic E-state index is 13.5. The number of nitrogens with zero attached hydrogens (tertiary/aromatic N) is 4. The maximum atomic E-state index is 13.5. The molecule has 0 unspecified atom stereocenters. The molecular formula is C23H31N5O3S2. The van der Waals surface area contributed by atoms with E-state index in [4.69, 9.17) is 9.84 Å². The third kappa shape index (κ3) is 5.81. The summed E-state index contributed by atoms with van der Waals surface area (Å²) in [5, 5.41) is 13.3. The van der Waals surface area contributed by atoms with E-state index in [1.807, 2.05) is 24.4 Å². The molecule has 2 aromatic rings. The van der Waals surface area contributed by atoms with Crippen LogP contribution in [-0.4, -0.2) is 84.9 Å². The van der Waals surface area contributed by atoms with Crippen LogP contribution in [0, 0.1) is 6.92 Å². The van der Waals surface area contributed by atoms with Crippen LogP contribution in [0.3, 0.4) is 0 Å². The molecule has 33 heavy (non-hydrogen) atoms. The maximum Gasteiger partial charge on any atom is 0.317 e. The van der Waals surface area contributed by atoms with Crippen molar-refractivity contribution in [1.82, 2.24) is 20.1 Å². The topological polar surface area (TPSA) is 77.5 Å². The molecule has 0 bridgehead atoms. The Hall–Kier alpha value is -2.27. The molecule has 0 radical (unpaired) electrons. The van der Waals surface area contributed by atoms with Crippen LogP contribution in [0.1, 0.15) is 34.7 Å². The van der Waals surface area contributed by atoms with E-state index in [0.717, 1.165) is 28.6 Å². The van der Waals surface area contributed by atoms with Crippen LogP contribution in [0.25, 0.3) is 0 Å². The number of carbonyl (C=O) groups excluding carboxylic acids is 2. The van der Waals surface area contributed by atoms with Gasteiger partial charge in [0.15, 0.2) is 0 Å². The highest BCUT2D eigenvalue weighted by molar-refractivity contribution is 7.12. The molecule has 0 aliphatic carbocycles. The predicted octanol–water partition coefficient (Wildman–Crippen LogP) is 3.16. The Morgan fingerprint density at radius 3 is 2.73 bits per heavy atom. The number of hydrazone groups is 1. The summed E-state index contributed by atoms with van der Waals surface area (Å²) in [5.74, 6) is -0.160. The van der Waals surface area contributed by atoms with E-state index in [2.05, 4.69) is 28.6 Å². The number of amides is 3. The lowest BCUT2D eigenvalue weighted by Crippen LogP contribution is -2.49. The van der Waals surface area contributed by atoms with Gasteiger partial charge in [0.1, 0.15) is 6.54 Å². The van der Waals surface area contributed by atoms with Gasteiger partial charge < -0.3 is 15.0 Å². The van der Waals surface area contributed by atoms with E-state index in [1.54, 1.807) is 32.6 Å². The van der Waals surface area contributed by atoms with Crippen molar-refractivity contribution in [2.75, 3.05) is 52.5 Å². The summed E-state index contributed by atoms with van der Waals surface area (Å²) in [5.41, 5.74) is 2.09. The molecule has 8 nitrogen and oxygen atoms in total. The summed E-state index contributed by atoms with van der Waals surface area (Å²) in [6.07, 6.45) is 0.683. The number of ether oxygens (including phenoxy) is 1. The van der Waals surface area contributed by atoms with Crippen LogP contribution in [0.4, 0.5) is 4.79 Å².